The van der Waals surface area contributed by atoms with Crippen LogP contribution < -0.4 is 5.32 Å². The third-order valence-corrected chi connectivity index (χ3v) is 4.16. The molecule has 90 valence electrons. The average Bonchev–Trinajstić information content (AvgIpc) is 2.80. The second kappa shape index (κ2) is 6.09. The molecule has 0 radical (unpaired) electrons. The van der Waals surface area contributed by atoms with E-state index in [1.54, 1.807) is 11.3 Å². The van der Waals surface area contributed by atoms with E-state index < -0.39 is 0 Å². The van der Waals surface area contributed by atoms with E-state index in [9.17, 15) is 0 Å². The van der Waals surface area contributed by atoms with Crippen LogP contribution in [-0.2, 0) is 0 Å². The summed E-state index contributed by atoms with van der Waals surface area (Å²) in [6, 6.07) is 4.31. The van der Waals surface area contributed by atoms with Gasteiger partial charge in [-0.05, 0) is 66.9 Å². The highest BCUT2D eigenvalue weighted by Crippen LogP contribution is 2.29. The van der Waals surface area contributed by atoms with Crippen LogP contribution in [0.5, 0.6) is 0 Å². The SMILES string of the molecule is CCNC(c1ccsc1)c1ncc(Br)cc1Br. The zero-order chi connectivity index (χ0) is 12.3. The van der Waals surface area contributed by atoms with Crippen molar-refractivity contribution in [1.82, 2.24) is 10.3 Å². The number of pyridine rings is 1. The topological polar surface area (TPSA) is 24.9 Å². The molecule has 2 heterocycles. The minimum Gasteiger partial charge on any atom is -0.305 e. The molecule has 0 aliphatic heterocycles. The third-order valence-electron chi connectivity index (χ3n) is 2.39. The standard InChI is InChI=1S/C12H12Br2N2S/c1-2-15-11(8-3-4-17-7-8)12-10(14)5-9(13)6-16-12/h3-7,11,15H,2H2,1H3. The van der Waals surface area contributed by atoms with Gasteiger partial charge in [-0.25, -0.2) is 0 Å². The number of hydrogen-bond acceptors (Lipinski definition) is 3. The Morgan fingerprint density at radius 3 is 2.88 bits per heavy atom. The first-order valence-corrected chi connectivity index (χ1v) is 7.81. The number of thiophene rings is 1. The van der Waals surface area contributed by atoms with Gasteiger partial charge in [-0.15, -0.1) is 0 Å². The number of aromatic nitrogens is 1. The Morgan fingerprint density at radius 2 is 2.29 bits per heavy atom. The van der Waals surface area contributed by atoms with E-state index in [2.05, 4.69) is 65.9 Å². The van der Waals surface area contributed by atoms with Crippen LogP contribution in [0.2, 0.25) is 0 Å². The minimum absolute atomic E-state index is 0.147. The molecule has 1 unspecified atom stereocenters. The summed E-state index contributed by atoms with van der Waals surface area (Å²) in [5.74, 6) is 0. The highest BCUT2D eigenvalue weighted by molar-refractivity contribution is 9.11. The quantitative estimate of drug-likeness (QED) is 0.858. The Morgan fingerprint density at radius 1 is 1.47 bits per heavy atom. The van der Waals surface area contributed by atoms with Crippen molar-refractivity contribution in [3.8, 4) is 0 Å². The fourth-order valence-corrected chi connectivity index (χ4v) is 3.56. The molecule has 0 aliphatic carbocycles. The molecule has 0 aliphatic rings. The maximum absolute atomic E-state index is 4.50. The molecule has 1 atom stereocenters. The molecule has 0 amide bonds. The maximum atomic E-state index is 4.50. The van der Waals surface area contributed by atoms with Gasteiger partial charge in [0.25, 0.3) is 0 Å². The predicted octanol–water partition coefficient (Wildman–Crippen LogP) is 4.37. The van der Waals surface area contributed by atoms with Crippen LogP contribution >= 0.6 is 43.2 Å². The number of nitrogens with one attached hydrogen (secondary N) is 1. The summed E-state index contributed by atoms with van der Waals surface area (Å²) in [6.07, 6.45) is 1.83. The Bertz CT molecular complexity index is 485. The van der Waals surface area contributed by atoms with Gasteiger partial charge in [0.05, 0.1) is 11.7 Å². The van der Waals surface area contributed by atoms with Gasteiger partial charge in [0.15, 0.2) is 0 Å². The molecule has 17 heavy (non-hydrogen) atoms. The molecular weight excluding hydrogens is 364 g/mol. The minimum atomic E-state index is 0.147. The van der Waals surface area contributed by atoms with Gasteiger partial charge in [-0.1, -0.05) is 6.92 Å². The van der Waals surface area contributed by atoms with Crippen molar-refractivity contribution in [2.45, 2.75) is 13.0 Å². The van der Waals surface area contributed by atoms with E-state index in [0.717, 1.165) is 21.2 Å². The van der Waals surface area contributed by atoms with Crippen molar-refractivity contribution in [2.24, 2.45) is 0 Å². The molecule has 0 bridgehead atoms. The first kappa shape index (κ1) is 13.2. The largest absolute Gasteiger partial charge is 0.305 e. The van der Waals surface area contributed by atoms with Crippen molar-refractivity contribution in [3.63, 3.8) is 0 Å². The summed E-state index contributed by atoms with van der Waals surface area (Å²) in [4.78, 5) is 4.50. The Balaban J connectivity index is 2.39. The number of halogens is 2. The zero-order valence-corrected chi connectivity index (χ0v) is 13.3. The summed E-state index contributed by atoms with van der Waals surface area (Å²) in [6.45, 7) is 3.01. The summed E-state index contributed by atoms with van der Waals surface area (Å²) in [7, 11) is 0. The van der Waals surface area contributed by atoms with Gasteiger partial charge in [0, 0.05) is 15.1 Å². The van der Waals surface area contributed by atoms with E-state index in [0.29, 0.717) is 0 Å². The zero-order valence-electron chi connectivity index (χ0n) is 9.28. The predicted molar refractivity (Wildman–Crippen MR) is 79.5 cm³/mol. The van der Waals surface area contributed by atoms with Crippen LogP contribution in [0.25, 0.3) is 0 Å². The van der Waals surface area contributed by atoms with Crippen LogP contribution in [0.3, 0.4) is 0 Å². The van der Waals surface area contributed by atoms with Gasteiger partial charge < -0.3 is 5.32 Å². The molecule has 1 N–H and O–H groups in total. The monoisotopic (exact) mass is 374 g/mol. The van der Waals surface area contributed by atoms with Crippen LogP contribution in [0.4, 0.5) is 0 Å². The highest BCUT2D eigenvalue weighted by atomic mass is 79.9. The van der Waals surface area contributed by atoms with Gasteiger partial charge in [-0.2, -0.15) is 11.3 Å². The fraction of sp³-hybridized carbons (Fsp3) is 0.250. The second-order valence-electron chi connectivity index (χ2n) is 3.57. The lowest BCUT2D eigenvalue weighted by molar-refractivity contribution is 0.614. The normalized spacial score (nSPS) is 12.6. The lowest BCUT2D eigenvalue weighted by Crippen LogP contribution is -2.22. The molecule has 0 saturated heterocycles. The van der Waals surface area contributed by atoms with Crippen LogP contribution in [0.1, 0.15) is 24.2 Å². The van der Waals surface area contributed by atoms with E-state index in [1.165, 1.54) is 5.56 Å². The number of hydrogen-bond donors (Lipinski definition) is 1. The molecule has 2 nitrogen and oxygen atoms in total. The molecule has 2 aromatic heterocycles. The van der Waals surface area contributed by atoms with Gasteiger partial charge in [-0.3, -0.25) is 4.98 Å². The second-order valence-corrected chi connectivity index (χ2v) is 6.12. The van der Waals surface area contributed by atoms with Crippen molar-refractivity contribution in [2.75, 3.05) is 6.54 Å². The van der Waals surface area contributed by atoms with Crippen molar-refractivity contribution in [1.29, 1.82) is 0 Å². The van der Waals surface area contributed by atoms with E-state index in [-0.39, 0.29) is 6.04 Å². The summed E-state index contributed by atoms with van der Waals surface area (Å²) in [5, 5.41) is 7.71. The Hall–Kier alpha value is -0.230. The summed E-state index contributed by atoms with van der Waals surface area (Å²) >= 11 is 8.70. The molecule has 0 spiro atoms. The van der Waals surface area contributed by atoms with E-state index in [4.69, 9.17) is 0 Å². The Labute approximate surface area is 122 Å². The first-order chi connectivity index (χ1) is 8.22. The van der Waals surface area contributed by atoms with Crippen LogP contribution in [0.15, 0.2) is 38.0 Å². The molecule has 0 fully saturated rings. The fourth-order valence-electron chi connectivity index (χ4n) is 1.65. The molecule has 2 aromatic rings. The third kappa shape index (κ3) is 3.16. The summed E-state index contributed by atoms with van der Waals surface area (Å²) < 4.78 is 2.00. The smallest absolute Gasteiger partial charge is 0.0770 e. The lowest BCUT2D eigenvalue weighted by atomic mass is 10.1. The van der Waals surface area contributed by atoms with Crippen LogP contribution in [0, 0.1) is 0 Å². The molecule has 2 rings (SSSR count). The maximum Gasteiger partial charge on any atom is 0.0770 e. The Kier molecular flexibility index (Phi) is 4.73. The van der Waals surface area contributed by atoms with Crippen LogP contribution in [-0.4, -0.2) is 11.5 Å². The molecule has 0 saturated carbocycles. The highest BCUT2D eigenvalue weighted by Gasteiger charge is 2.17. The molecule has 5 heteroatoms. The van der Waals surface area contributed by atoms with Gasteiger partial charge >= 0.3 is 0 Å². The van der Waals surface area contributed by atoms with Crippen molar-refractivity contribution >= 4 is 43.2 Å². The van der Waals surface area contributed by atoms with Crippen molar-refractivity contribution < 1.29 is 0 Å². The van der Waals surface area contributed by atoms with Gasteiger partial charge in [0.2, 0.25) is 0 Å². The number of rotatable bonds is 4. The lowest BCUT2D eigenvalue weighted by Gasteiger charge is -2.17. The van der Waals surface area contributed by atoms with Gasteiger partial charge in [0.1, 0.15) is 0 Å². The average molecular weight is 376 g/mol. The van der Waals surface area contributed by atoms with Crippen molar-refractivity contribution in [3.05, 3.63) is 49.3 Å². The summed E-state index contributed by atoms with van der Waals surface area (Å²) in [5.41, 5.74) is 2.28. The van der Waals surface area contributed by atoms with E-state index >= 15 is 0 Å². The number of nitrogens with zero attached hydrogens (tertiary/aromatic N) is 1. The molecular formula is C12H12Br2N2S. The molecule has 0 aromatic carbocycles. The first-order valence-electron chi connectivity index (χ1n) is 5.28. The van der Waals surface area contributed by atoms with E-state index in [1.807, 2.05) is 12.3 Å².